The molecule has 0 bridgehead atoms. The Balaban J connectivity index is 1.59. The van der Waals surface area contributed by atoms with Crippen molar-refractivity contribution in [3.05, 3.63) is 65.7 Å². The van der Waals surface area contributed by atoms with Crippen molar-refractivity contribution in [3.8, 4) is 5.75 Å². The lowest BCUT2D eigenvalue weighted by Gasteiger charge is -2.10. The molecule has 1 saturated heterocycles. The van der Waals surface area contributed by atoms with Gasteiger partial charge in [-0.05, 0) is 24.6 Å². The molecule has 3 nitrogen and oxygen atoms in total. The molecule has 21 heavy (non-hydrogen) atoms. The van der Waals surface area contributed by atoms with Gasteiger partial charge in [0.15, 0.2) is 5.44 Å². The normalized spacial score (nSPS) is 21.1. The number of cyclic esters (lactones) is 1. The third-order valence-electron chi connectivity index (χ3n) is 3.26. The van der Waals surface area contributed by atoms with Crippen molar-refractivity contribution in [3.63, 3.8) is 0 Å². The first-order chi connectivity index (χ1) is 10.2. The molecular weight excluding hydrogens is 284 g/mol. The minimum Gasteiger partial charge on any atom is -0.489 e. The van der Waals surface area contributed by atoms with E-state index in [4.69, 9.17) is 9.47 Å². The molecule has 3 rings (SSSR count). The van der Waals surface area contributed by atoms with Gasteiger partial charge in [-0.3, -0.25) is 4.79 Å². The van der Waals surface area contributed by atoms with Crippen LogP contribution in [0.4, 0.5) is 0 Å². The minimum atomic E-state index is -0.260. The molecule has 108 valence electrons. The summed E-state index contributed by atoms with van der Waals surface area (Å²) in [4.78, 5) is 11.9. The van der Waals surface area contributed by atoms with Gasteiger partial charge in [0.1, 0.15) is 17.6 Å². The second kappa shape index (κ2) is 6.22. The van der Waals surface area contributed by atoms with Crippen molar-refractivity contribution in [2.24, 2.45) is 0 Å². The Morgan fingerprint density at radius 3 is 2.52 bits per heavy atom. The van der Waals surface area contributed by atoms with Gasteiger partial charge >= 0.3 is 5.97 Å². The molecule has 0 aromatic heterocycles. The van der Waals surface area contributed by atoms with E-state index in [0.29, 0.717) is 6.61 Å². The maximum atomic E-state index is 11.9. The molecule has 2 atom stereocenters. The van der Waals surface area contributed by atoms with Crippen LogP contribution in [0.25, 0.3) is 0 Å². The molecule has 0 amide bonds. The summed E-state index contributed by atoms with van der Waals surface area (Å²) in [5.74, 6) is 0.601. The third-order valence-corrected chi connectivity index (χ3v) is 4.53. The molecule has 4 heteroatoms. The number of carbonyl (C=O) groups is 1. The first-order valence-electron chi connectivity index (χ1n) is 6.83. The third kappa shape index (κ3) is 3.39. The Kier molecular flexibility index (Phi) is 4.15. The minimum absolute atomic E-state index is 0.191. The molecular formula is C17H16O3S. The first kappa shape index (κ1) is 14.0. The molecule has 0 saturated carbocycles. The van der Waals surface area contributed by atoms with Crippen molar-refractivity contribution in [2.75, 3.05) is 6.61 Å². The van der Waals surface area contributed by atoms with E-state index < -0.39 is 0 Å². The fraction of sp³-hybridized carbons (Fsp3) is 0.235. The van der Waals surface area contributed by atoms with E-state index in [-0.39, 0.29) is 16.7 Å². The van der Waals surface area contributed by atoms with Crippen LogP contribution in [0.15, 0.2) is 54.6 Å². The van der Waals surface area contributed by atoms with Crippen LogP contribution in [0.2, 0.25) is 0 Å². The van der Waals surface area contributed by atoms with Gasteiger partial charge in [0.2, 0.25) is 0 Å². The van der Waals surface area contributed by atoms with Gasteiger partial charge in [-0.2, -0.15) is 0 Å². The Bertz CT molecular complexity index is 610. The average Bonchev–Trinajstić information content (AvgIpc) is 2.89. The fourth-order valence-electron chi connectivity index (χ4n) is 2.14. The highest BCUT2D eigenvalue weighted by atomic mass is 32.2. The number of esters is 1. The van der Waals surface area contributed by atoms with Crippen molar-refractivity contribution < 1.29 is 14.3 Å². The summed E-state index contributed by atoms with van der Waals surface area (Å²) in [7, 11) is 0. The van der Waals surface area contributed by atoms with E-state index in [9.17, 15) is 4.79 Å². The van der Waals surface area contributed by atoms with Gasteiger partial charge in [0, 0.05) is 0 Å². The molecule has 2 unspecified atom stereocenters. The lowest BCUT2D eigenvalue weighted by molar-refractivity contribution is -0.143. The topological polar surface area (TPSA) is 35.5 Å². The van der Waals surface area contributed by atoms with Crippen LogP contribution < -0.4 is 4.74 Å². The number of thioether (sulfide) groups is 1. The number of ether oxygens (including phenoxy) is 2. The number of carbonyl (C=O) groups excluding carboxylic acids is 1. The van der Waals surface area contributed by atoms with Gasteiger partial charge in [0.05, 0.1) is 0 Å². The van der Waals surface area contributed by atoms with E-state index in [1.54, 1.807) is 0 Å². The van der Waals surface area contributed by atoms with Gasteiger partial charge in [-0.25, -0.2) is 0 Å². The highest BCUT2D eigenvalue weighted by molar-refractivity contribution is 8.01. The molecule has 0 N–H and O–H groups in total. The molecule has 2 aromatic rings. The van der Waals surface area contributed by atoms with Gasteiger partial charge < -0.3 is 9.47 Å². The maximum Gasteiger partial charge on any atom is 0.324 e. The van der Waals surface area contributed by atoms with Gasteiger partial charge in [-0.15, -0.1) is 0 Å². The summed E-state index contributed by atoms with van der Waals surface area (Å²) in [6.45, 7) is 2.39. The van der Waals surface area contributed by atoms with Gasteiger partial charge in [-0.1, -0.05) is 59.8 Å². The van der Waals surface area contributed by atoms with Crippen molar-refractivity contribution in [1.82, 2.24) is 0 Å². The standard InChI is InChI=1S/C17H16O3S/c1-12-7-9-14(10-8-12)19-11-15-20-17(18)16(21-15)13-5-3-2-4-6-13/h2-10,15-16H,11H2,1H3. The lowest BCUT2D eigenvalue weighted by atomic mass is 10.1. The summed E-state index contributed by atoms with van der Waals surface area (Å²) >= 11 is 1.50. The molecule has 0 spiro atoms. The van der Waals surface area contributed by atoms with Crippen molar-refractivity contribution in [1.29, 1.82) is 0 Å². The largest absolute Gasteiger partial charge is 0.489 e. The summed E-state index contributed by atoms with van der Waals surface area (Å²) in [5.41, 5.74) is 1.91. The SMILES string of the molecule is Cc1ccc(OCC2OC(=O)C(c3ccccc3)S2)cc1. The van der Waals surface area contributed by atoms with E-state index in [0.717, 1.165) is 11.3 Å². The molecule has 1 fully saturated rings. The summed E-state index contributed by atoms with van der Waals surface area (Å²) < 4.78 is 11.1. The predicted octanol–water partition coefficient (Wildman–Crippen LogP) is 3.73. The zero-order valence-corrected chi connectivity index (χ0v) is 12.5. The Hall–Kier alpha value is -1.94. The van der Waals surface area contributed by atoms with Crippen LogP contribution in [-0.2, 0) is 9.53 Å². The van der Waals surface area contributed by atoms with Crippen LogP contribution >= 0.6 is 11.8 Å². The monoisotopic (exact) mass is 300 g/mol. The highest BCUT2D eigenvalue weighted by Crippen LogP contribution is 2.40. The quantitative estimate of drug-likeness (QED) is 0.806. The number of hydrogen-bond acceptors (Lipinski definition) is 4. The van der Waals surface area contributed by atoms with Crippen LogP contribution in [-0.4, -0.2) is 18.0 Å². The first-order valence-corrected chi connectivity index (χ1v) is 7.77. The number of hydrogen-bond donors (Lipinski definition) is 0. The highest BCUT2D eigenvalue weighted by Gasteiger charge is 2.36. The van der Waals surface area contributed by atoms with Crippen molar-refractivity contribution >= 4 is 17.7 Å². The van der Waals surface area contributed by atoms with E-state index in [1.165, 1.54) is 17.3 Å². The second-order valence-corrected chi connectivity index (χ2v) is 6.19. The summed E-state index contributed by atoms with van der Waals surface area (Å²) in [5, 5.41) is -0.252. The number of benzene rings is 2. The van der Waals surface area contributed by atoms with Gasteiger partial charge in [0.25, 0.3) is 0 Å². The number of rotatable bonds is 4. The van der Waals surface area contributed by atoms with E-state index in [2.05, 4.69) is 0 Å². The van der Waals surface area contributed by atoms with Crippen molar-refractivity contribution in [2.45, 2.75) is 17.6 Å². The number of aryl methyl sites for hydroxylation is 1. The van der Waals surface area contributed by atoms with E-state index in [1.807, 2.05) is 61.5 Å². The summed E-state index contributed by atoms with van der Waals surface area (Å²) in [6, 6.07) is 17.5. The zero-order valence-electron chi connectivity index (χ0n) is 11.7. The molecule has 0 radical (unpaired) electrons. The smallest absolute Gasteiger partial charge is 0.324 e. The van der Waals surface area contributed by atoms with Crippen LogP contribution in [0.1, 0.15) is 16.4 Å². The molecule has 2 aromatic carbocycles. The fourth-order valence-corrected chi connectivity index (χ4v) is 3.22. The second-order valence-electron chi connectivity index (χ2n) is 4.92. The van der Waals surface area contributed by atoms with E-state index >= 15 is 0 Å². The average molecular weight is 300 g/mol. The maximum absolute atomic E-state index is 11.9. The van der Waals surface area contributed by atoms with Crippen LogP contribution in [0.3, 0.4) is 0 Å². The lowest BCUT2D eigenvalue weighted by Crippen LogP contribution is -2.15. The zero-order chi connectivity index (χ0) is 14.7. The van der Waals surface area contributed by atoms with Crippen LogP contribution in [0.5, 0.6) is 5.75 Å². The molecule has 1 aliphatic rings. The van der Waals surface area contributed by atoms with Crippen LogP contribution in [0, 0.1) is 6.92 Å². The Labute approximate surface area is 128 Å². The predicted molar refractivity (Wildman–Crippen MR) is 83.3 cm³/mol. The molecule has 0 aliphatic carbocycles. The summed E-state index contributed by atoms with van der Waals surface area (Å²) in [6.07, 6.45) is 0. The Morgan fingerprint density at radius 1 is 1.10 bits per heavy atom. The molecule has 1 heterocycles. The Morgan fingerprint density at radius 2 is 1.81 bits per heavy atom. The molecule has 1 aliphatic heterocycles.